The average Bonchev–Trinajstić information content (AvgIpc) is 2.26. The van der Waals surface area contributed by atoms with E-state index < -0.39 is 0 Å². The normalized spacial score (nSPS) is 12.9. The average molecular weight is 207 g/mol. The van der Waals surface area contributed by atoms with E-state index in [0.717, 1.165) is 18.0 Å². The summed E-state index contributed by atoms with van der Waals surface area (Å²) in [5.74, 6) is 1.74. The Kier molecular flexibility index (Phi) is 4.13. The lowest BCUT2D eigenvalue weighted by molar-refractivity contribution is 0.387. The van der Waals surface area contributed by atoms with Gasteiger partial charge in [-0.3, -0.25) is 0 Å². The van der Waals surface area contributed by atoms with Crippen molar-refractivity contribution in [2.24, 2.45) is 0 Å². The molecule has 0 fully saturated rings. The van der Waals surface area contributed by atoms with Gasteiger partial charge in [0, 0.05) is 11.3 Å². The van der Waals surface area contributed by atoms with Crippen molar-refractivity contribution >= 4 is 0 Å². The number of hydrogen-bond acceptors (Lipinski definition) is 2. The number of ether oxygens (including phenoxy) is 1. The molecule has 0 aliphatic rings. The summed E-state index contributed by atoms with van der Waals surface area (Å²) in [6.45, 7) is 8.68. The van der Waals surface area contributed by atoms with Crippen LogP contribution in [0.1, 0.15) is 57.2 Å². The van der Waals surface area contributed by atoms with Gasteiger partial charge in [-0.2, -0.15) is 0 Å². The van der Waals surface area contributed by atoms with Gasteiger partial charge in [0.05, 0.1) is 7.11 Å². The maximum Gasteiger partial charge on any atom is 0.216 e. The summed E-state index contributed by atoms with van der Waals surface area (Å²) in [4.78, 5) is 4.56. The zero-order chi connectivity index (χ0) is 11.4. The SMILES string of the molecule is CCC(C)c1ccc(C(C)C)c(OC)n1. The second-order valence-electron chi connectivity index (χ2n) is 4.30. The summed E-state index contributed by atoms with van der Waals surface area (Å²) in [6.07, 6.45) is 1.11. The van der Waals surface area contributed by atoms with Gasteiger partial charge in [0.2, 0.25) is 5.88 Å². The van der Waals surface area contributed by atoms with Crippen LogP contribution >= 0.6 is 0 Å². The highest BCUT2D eigenvalue weighted by atomic mass is 16.5. The van der Waals surface area contributed by atoms with E-state index in [-0.39, 0.29) is 0 Å². The predicted octanol–water partition coefficient (Wildman–Crippen LogP) is 3.73. The molecule has 0 aliphatic heterocycles. The number of hydrogen-bond donors (Lipinski definition) is 0. The fourth-order valence-electron chi connectivity index (χ4n) is 1.55. The summed E-state index contributed by atoms with van der Waals surface area (Å²) in [6, 6.07) is 4.25. The Bertz CT molecular complexity index is 320. The summed E-state index contributed by atoms with van der Waals surface area (Å²) in [5.41, 5.74) is 2.31. The third-order valence-electron chi connectivity index (χ3n) is 2.84. The van der Waals surface area contributed by atoms with Gasteiger partial charge in [-0.1, -0.05) is 33.8 Å². The van der Waals surface area contributed by atoms with E-state index in [2.05, 4.69) is 44.8 Å². The number of aromatic nitrogens is 1. The first-order valence-electron chi connectivity index (χ1n) is 5.65. The van der Waals surface area contributed by atoms with E-state index in [1.54, 1.807) is 7.11 Å². The highest BCUT2D eigenvalue weighted by molar-refractivity contribution is 5.31. The van der Waals surface area contributed by atoms with Gasteiger partial charge in [0.1, 0.15) is 0 Å². The van der Waals surface area contributed by atoms with Crippen molar-refractivity contribution in [3.8, 4) is 5.88 Å². The molecule has 84 valence electrons. The Hall–Kier alpha value is -1.05. The monoisotopic (exact) mass is 207 g/mol. The molecule has 0 amide bonds. The molecule has 0 saturated carbocycles. The molecule has 2 nitrogen and oxygen atoms in total. The highest BCUT2D eigenvalue weighted by Gasteiger charge is 2.12. The molecule has 1 unspecified atom stereocenters. The van der Waals surface area contributed by atoms with Crippen LogP contribution in [0.2, 0.25) is 0 Å². The van der Waals surface area contributed by atoms with Crippen LogP contribution in [0.5, 0.6) is 5.88 Å². The van der Waals surface area contributed by atoms with Crippen LogP contribution in [-0.2, 0) is 0 Å². The lowest BCUT2D eigenvalue weighted by Crippen LogP contribution is -2.02. The Labute approximate surface area is 92.7 Å². The molecule has 2 heteroatoms. The lowest BCUT2D eigenvalue weighted by atomic mass is 10.0. The first-order valence-corrected chi connectivity index (χ1v) is 5.65. The Balaban J connectivity index is 3.07. The smallest absolute Gasteiger partial charge is 0.216 e. The first kappa shape index (κ1) is 12.0. The Morgan fingerprint density at radius 2 is 1.93 bits per heavy atom. The molecule has 0 radical (unpaired) electrons. The third kappa shape index (κ3) is 2.71. The summed E-state index contributed by atoms with van der Waals surface area (Å²) < 4.78 is 5.33. The maximum absolute atomic E-state index is 5.33. The molecule has 1 heterocycles. The second-order valence-corrected chi connectivity index (χ2v) is 4.30. The molecule has 0 aliphatic carbocycles. The van der Waals surface area contributed by atoms with E-state index in [1.165, 1.54) is 5.56 Å². The minimum absolute atomic E-state index is 0.457. The molecule has 1 rings (SSSR count). The standard InChI is InChI=1S/C13H21NO/c1-6-10(4)12-8-7-11(9(2)3)13(14-12)15-5/h7-10H,6H2,1-5H3. The molecule has 1 aromatic heterocycles. The minimum Gasteiger partial charge on any atom is -0.481 e. The van der Waals surface area contributed by atoms with Gasteiger partial charge >= 0.3 is 0 Å². The predicted molar refractivity (Wildman–Crippen MR) is 63.6 cm³/mol. The van der Waals surface area contributed by atoms with E-state index in [4.69, 9.17) is 4.74 Å². The molecule has 15 heavy (non-hydrogen) atoms. The van der Waals surface area contributed by atoms with Crippen molar-refractivity contribution in [2.45, 2.75) is 46.0 Å². The highest BCUT2D eigenvalue weighted by Crippen LogP contribution is 2.27. The molecule has 0 aromatic carbocycles. The van der Waals surface area contributed by atoms with E-state index >= 15 is 0 Å². The van der Waals surface area contributed by atoms with E-state index in [9.17, 15) is 0 Å². The fourth-order valence-corrected chi connectivity index (χ4v) is 1.55. The van der Waals surface area contributed by atoms with Gasteiger partial charge in [-0.15, -0.1) is 0 Å². The quantitative estimate of drug-likeness (QED) is 0.750. The topological polar surface area (TPSA) is 22.1 Å². The van der Waals surface area contributed by atoms with Crippen LogP contribution in [0.15, 0.2) is 12.1 Å². The third-order valence-corrected chi connectivity index (χ3v) is 2.84. The zero-order valence-electron chi connectivity index (χ0n) is 10.4. The number of nitrogens with zero attached hydrogens (tertiary/aromatic N) is 1. The molecule has 0 bridgehead atoms. The summed E-state index contributed by atoms with van der Waals surface area (Å²) in [5, 5.41) is 0. The number of pyridine rings is 1. The van der Waals surface area contributed by atoms with Crippen molar-refractivity contribution in [3.05, 3.63) is 23.4 Å². The maximum atomic E-state index is 5.33. The van der Waals surface area contributed by atoms with Crippen molar-refractivity contribution in [3.63, 3.8) is 0 Å². The van der Waals surface area contributed by atoms with Crippen molar-refractivity contribution in [1.82, 2.24) is 4.98 Å². The number of rotatable bonds is 4. The van der Waals surface area contributed by atoms with Crippen LogP contribution in [-0.4, -0.2) is 12.1 Å². The fraction of sp³-hybridized carbons (Fsp3) is 0.615. The largest absolute Gasteiger partial charge is 0.481 e. The second kappa shape index (κ2) is 5.15. The van der Waals surface area contributed by atoms with Crippen molar-refractivity contribution < 1.29 is 4.74 Å². The lowest BCUT2D eigenvalue weighted by Gasteiger charge is -2.14. The van der Waals surface area contributed by atoms with Crippen LogP contribution in [0.3, 0.4) is 0 Å². The van der Waals surface area contributed by atoms with Gasteiger partial charge in [0.15, 0.2) is 0 Å². The number of methoxy groups -OCH3 is 1. The Morgan fingerprint density at radius 1 is 1.27 bits per heavy atom. The molecule has 0 N–H and O–H groups in total. The molecule has 0 spiro atoms. The Morgan fingerprint density at radius 3 is 2.40 bits per heavy atom. The van der Waals surface area contributed by atoms with Gasteiger partial charge in [0.25, 0.3) is 0 Å². The molecular formula is C13H21NO. The van der Waals surface area contributed by atoms with E-state index in [0.29, 0.717) is 11.8 Å². The molecule has 1 aromatic rings. The van der Waals surface area contributed by atoms with Crippen LogP contribution < -0.4 is 4.74 Å². The van der Waals surface area contributed by atoms with Gasteiger partial charge < -0.3 is 4.74 Å². The van der Waals surface area contributed by atoms with Crippen molar-refractivity contribution in [2.75, 3.05) is 7.11 Å². The van der Waals surface area contributed by atoms with E-state index in [1.807, 2.05) is 0 Å². The van der Waals surface area contributed by atoms with Gasteiger partial charge in [-0.25, -0.2) is 4.98 Å². The molecular weight excluding hydrogens is 186 g/mol. The van der Waals surface area contributed by atoms with Crippen molar-refractivity contribution in [1.29, 1.82) is 0 Å². The zero-order valence-corrected chi connectivity index (χ0v) is 10.4. The summed E-state index contributed by atoms with van der Waals surface area (Å²) in [7, 11) is 1.69. The summed E-state index contributed by atoms with van der Waals surface area (Å²) >= 11 is 0. The first-order chi connectivity index (χ1) is 7.10. The minimum atomic E-state index is 0.457. The molecule has 1 atom stereocenters. The van der Waals surface area contributed by atoms with Crippen LogP contribution in [0.25, 0.3) is 0 Å². The molecule has 0 saturated heterocycles. The van der Waals surface area contributed by atoms with Crippen LogP contribution in [0, 0.1) is 0 Å². The van der Waals surface area contributed by atoms with Crippen LogP contribution in [0.4, 0.5) is 0 Å². The van der Waals surface area contributed by atoms with Gasteiger partial charge in [-0.05, 0) is 24.3 Å².